The van der Waals surface area contributed by atoms with Gasteiger partial charge in [0.1, 0.15) is 5.69 Å². The first-order valence-corrected chi connectivity index (χ1v) is 6.96. The summed E-state index contributed by atoms with van der Waals surface area (Å²) in [6.07, 6.45) is 3.69. The van der Waals surface area contributed by atoms with Crippen molar-refractivity contribution in [1.82, 2.24) is 9.97 Å². The maximum Gasteiger partial charge on any atom is 0.200 e. The minimum Gasteiger partial charge on any atom is -0.387 e. The van der Waals surface area contributed by atoms with Crippen molar-refractivity contribution in [3.8, 4) is 0 Å². The fourth-order valence-electron chi connectivity index (χ4n) is 1.65. The Kier molecular flexibility index (Phi) is 8.27. The Bertz CT molecular complexity index is 569. The molecule has 7 nitrogen and oxygen atoms in total. The molecule has 2 aromatic heterocycles. The molecule has 0 aliphatic rings. The molecule has 7 heteroatoms. The van der Waals surface area contributed by atoms with Crippen molar-refractivity contribution in [3.63, 3.8) is 0 Å². The number of pyridine rings is 2. The zero-order chi connectivity index (χ0) is 17.1. The second kappa shape index (κ2) is 10.3. The van der Waals surface area contributed by atoms with Gasteiger partial charge in [0.05, 0.1) is 29.5 Å². The highest BCUT2D eigenvalue weighted by Crippen LogP contribution is 2.15. The highest BCUT2D eigenvalue weighted by molar-refractivity contribution is 5.72. The molecule has 0 saturated carbocycles. The minimum absolute atomic E-state index is 0.383. The van der Waals surface area contributed by atoms with Crippen LogP contribution >= 0.6 is 0 Å². The number of nitrogens with zero attached hydrogens (tertiary/aromatic N) is 2. The van der Waals surface area contributed by atoms with E-state index in [2.05, 4.69) is 20.6 Å². The van der Waals surface area contributed by atoms with Gasteiger partial charge in [-0.25, -0.2) is 0 Å². The van der Waals surface area contributed by atoms with Crippen molar-refractivity contribution in [2.24, 2.45) is 0 Å². The van der Waals surface area contributed by atoms with Gasteiger partial charge >= 0.3 is 0 Å². The molecule has 0 radical (unpaired) electrons. The second-order valence-electron chi connectivity index (χ2n) is 4.36. The Morgan fingerprint density at radius 2 is 1.52 bits per heavy atom. The SMILES string of the molecule is CNc1ccc(C(OC)OC)nc1.CNc1ccc(C=O)nc1. The molecular weight excluding hydrogens is 296 g/mol. The summed E-state index contributed by atoms with van der Waals surface area (Å²) < 4.78 is 10.1. The number of aromatic nitrogens is 2. The van der Waals surface area contributed by atoms with Crippen LogP contribution in [0.5, 0.6) is 0 Å². The summed E-state index contributed by atoms with van der Waals surface area (Å²) in [5.74, 6) is 0. The third kappa shape index (κ3) is 6.01. The van der Waals surface area contributed by atoms with Crippen LogP contribution in [-0.2, 0) is 9.47 Å². The van der Waals surface area contributed by atoms with E-state index in [1.54, 1.807) is 45.8 Å². The van der Waals surface area contributed by atoms with E-state index in [0.29, 0.717) is 5.69 Å². The first-order valence-electron chi connectivity index (χ1n) is 6.96. The van der Waals surface area contributed by atoms with E-state index >= 15 is 0 Å². The van der Waals surface area contributed by atoms with Crippen LogP contribution in [0.25, 0.3) is 0 Å². The monoisotopic (exact) mass is 318 g/mol. The quantitative estimate of drug-likeness (QED) is 0.624. The fourth-order valence-corrected chi connectivity index (χ4v) is 1.65. The van der Waals surface area contributed by atoms with Gasteiger partial charge in [-0.1, -0.05) is 0 Å². The van der Waals surface area contributed by atoms with Crippen LogP contribution < -0.4 is 10.6 Å². The van der Waals surface area contributed by atoms with Crippen LogP contribution in [0.15, 0.2) is 36.7 Å². The summed E-state index contributed by atoms with van der Waals surface area (Å²) in [5, 5.41) is 5.88. The maximum absolute atomic E-state index is 10.1. The van der Waals surface area contributed by atoms with Gasteiger partial charge < -0.3 is 20.1 Å². The fraction of sp³-hybridized carbons (Fsp3) is 0.312. The van der Waals surface area contributed by atoms with Crippen molar-refractivity contribution in [2.45, 2.75) is 6.29 Å². The topological polar surface area (TPSA) is 85.4 Å². The molecule has 0 unspecified atom stereocenters. The van der Waals surface area contributed by atoms with E-state index in [9.17, 15) is 4.79 Å². The van der Waals surface area contributed by atoms with Crippen LogP contribution in [0.4, 0.5) is 11.4 Å². The van der Waals surface area contributed by atoms with Crippen molar-refractivity contribution < 1.29 is 14.3 Å². The molecule has 0 aliphatic heterocycles. The number of carbonyl (C=O) groups is 1. The van der Waals surface area contributed by atoms with Crippen LogP contribution in [0.3, 0.4) is 0 Å². The van der Waals surface area contributed by atoms with Gasteiger partial charge in [0.25, 0.3) is 0 Å². The van der Waals surface area contributed by atoms with E-state index in [1.165, 1.54) is 0 Å². The average Bonchev–Trinajstić information content (AvgIpc) is 2.64. The van der Waals surface area contributed by atoms with Crippen molar-refractivity contribution in [3.05, 3.63) is 48.0 Å². The Labute approximate surface area is 136 Å². The predicted molar refractivity (Wildman–Crippen MR) is 89.7 cm³/mol. The Hall–Kier alpha value is -2.51. The number of carbonyl (C=O) groups excluding carboxylic acids is 1. The molecule has 2 N–H and O–H groups in total. The number of rotatable bonds is 6. The summed E-state index contributed by atoms with van der Waals surface area (Å²) >= 11 is 0. The Morgan fingerprint density at radius 1 is 0.957 bits per heavy atom. The standard InChI is InChI=1S/C9H14N2O2.C7H8N2O/c1-10-7-4-5-8(11-6-7)9(12-2)13-3;1-8-6-2-3-7(5-10)9-4-6/h4-6,9-10H,1-3H3;2-5,8H,1H3. The number of ether oxygens (including phenoxy) is 2. The zero-order valence-corrected chi connectivity index (χ0v) is 13.7. The normalized spacial score (nSPS) is 9.78. The van der Waals surface area contributed by atoms with E-state index in [-0.39, 0.29) is 6.29 Å². The highest BCUT2D eigenvalue weighted by atomic mass is 16.7. The summed E-state index contributed by atoms with van der Waals surface area (Å²) in [7, 11) is 6.82. The molecule has 23 heavy (non-hydrogen) atoms. The van der Waals surface area contributed by atoms with Crippen molar-refractivity contribution >= 4 is 17.7 Å². The van der Waals surface area contributed by atoms with E-state index in [1.807, 2.05) is 19.2 Å². The van der Waals surface area contributed by atoms with Crippen LogP contribution in [-0.4, -0.2) is 44.6 Å². The van der Waals surface area contributed by atoms with Crippen molar-refractivity contribution in [1.29, 1.82) is 0 Å². The molecule has 0 fully saturated rings. The molecular formula is C16H22N4O3. The zero-order valence-electron chi connectivity index (χ0n) is 13.7. The van der Waals surface area contributed by atoms with Gasteiger partial charge in [-0.15, -0.1) is 0 Å². The highest BCUT2D eigenvalue weighted by Gasteiger charge is 2.09. The second-order valence-corrected chi connectivity index (χ2v) is 4.36. The van der Waals surface area contributed by atoms with Crippen LogP contribution in [0, 0.1) is 0 Å². The lowest BCUT2D eigenvalue weighted by Crippen LogP contribution is -2.05. The van der Waals surface area contributed by atoms with E-state index in [4.69, 9.17) is 9.47 Å². The number of hydrogen-bond donors (Lipinski definition) is 2. The van der Waals surface area contributed by atoms with Gasteiger partial charge in [-0.2, -0.15) is 0 Å². The molecule has 0 atom stereocenters. The number of methoxy groups -OCH3 is 2. The number of aldehydes is 1. The first-order chi connectivity index (χ1) is 11.2. The Morgan fingerprint density at radius 3 is 1.87 bits per heavy atom. The minimum atomic E-state index is -0.383. The average molecular weight is 318 g/mol. The lowest BCUT2D eigenvalue weighted by atomic mass is 10.3. The molecule has 124 valence electrons. The van der Waals surface area contributed by atoms with E-state index in [0.717, 1.165) is 23.4 Å². The molecule has 0 aromatic carbocycles. The predicted octanol–water partition coefficient (Wildman–Crippen LogP) is 2.35. The molecule has 0 saturated heterocycles. The van der Waals surface area contributed by atoms with Crippen molar-refractivity contribution in [2.75, 3.05) is 38.9 Å². The van der Waals surface area contributed by atoms with Gasteiger partial charge in [-0.3, -0.25) is 14.8 Å². The summed E-state index contributed by atoms with van der Waals surface area (Å²) in [4.78, 5) is 18.1. The lowest BCUT2D eigenvalue weighted by Gasteiger charge is -2.12. The smallest absolute Gasteiger partial charge is 0.200 e. The Balaban J connectivity index is 0.000000238. The molecule has 0 spiro atoms. The number of hydrogen-bond acceptors (Lipinski definition) is 7. The first kappa shape index (κ1) is 18.5. The molecule has 0 amide bonds. The summed E-state index contributed by atoms with van der Waals surface area (Å²) in [6.45, 7) is 0. The van der Waals surface area contributed by atoms with Gasteiger partial charge in [0, 0.05) is 28.3 Å². The maximum atomic E-state index is 10.1. The third-order valence-electron chi connectivity index (χ3n) is 2.94. The van der Waals surface area contributed by atoms with Gasteiger partial charge in [-0.05, 0) is 24.3 Å². The molecule has 2 aromatic rings. The number of nitrogens with one attached hydrogen (secondary N) is 2. The van der Waals surface area contributed by atoms with E-state index < -0.39 is 0 Å². The van der Waals surface area contributed by atoms with Crippen LogP contribution in [0.2, 0.25) is 0 Å². The number of anilines is 2. The van der Waals surface area contributed by atoms with Crippen LogP contribution in [0.1, 0.15) is 22.5 Å². The molecule has 2 rings (SSSR count). The molecule has 0 bridgehead atoms. The summed E-state index contributed by atoms with van der Waals surface area (Å²) in [6, 6.07) is 7.26. The molecule has 0 aliphatic carbocycles. The lowest BCUT2D eigenvalue weighted by molar-refractivity contribution is -0.108. The van der Waals surface area contributed by atoms with Gasteiger partial charge in [0.15, 0.2) is 6.29 Å². The van der Waals surface area contributed by atoms with Gasteiger partial charge in [0.2, 0.25) is 6.29 Å². The largest absolute Gasteiger partial charge is 0.387 e. The summed E-state index contributed by atoms with van der Waals surface area (Å²) in [5.41, 5.74) is 3.10. The third-order valence-corrected chi connectivity index (χ3v) is 2.94. The molecule has 2 heterocycles.